The first-order chi connectivity index (χ1) is 21.3. The van der Waals surface area contributed by atoms with E-state index in [0.29, 0.717) is 5.56 Å². The monoisotopic (exact) mass is 548 g/mol. The van der Waals surface area contributed by atoms with Crippen molar-refractivity contribution in [2.24, 2.45) is 0 Å². The first-order valence-electron chi connectivity index (χ1n) is 14.5. The third-order valence-corrected chi connectivity index (χ3v) is 8.68. The first-order valence-corrected chi connectivity index (χ1v) is 14.5. The molecule has 4 nitrogen and oxygen atoms in total. The van der Waals surface area contributed by atoms with E-state index in [4.69, 9.17) is 0 Å². The van der Waals surface area contributed by atoms with Gasteiger partial charge < -0.3 is 4.57 Å². The van der Waals surface area contributed by atoms with Crippen molar-refractivity contribution < 1.29 is 0 Å². The van der Waals surface area contributed by atoms with Crippen LogP contribution in [0.5, 0.6) is 0 Å². The Bertz CT molecular complexity index is 2520. The van der Waals surface area contributed by atoms with Crippen molar-refractivity contribution in [1.29, 1.82) is 5.26 Å². The van der Waals surface area contributed by atoms with E-state index in [-0.39, 0.29) is 0 Å². The minimum atomic E-state index is 0.626. The van der Waals surface area contributed by atoms with Gasteiger partial charge in [-0.1, -0.05) is 97.1 Å². The van der Waals surface area contributed by atoms with Crippen molar-refractivity contribution in [3.05, 3.63) is 151 Å². The molecule has 9 aromatic rings. The van der Waals surface area contributed by atoms with Gasteiger partial charge >= 0.3 is 0 Å². The molecule has 3 aromatic heterocycles. The molecule has 43 heavy (non-hydrogen) atoms. The molecule has 3 heterocycles. The SMILES string of the molecule is N#Cc1c(-n2c3ccccc3c3ccccc32)cccc1-n1c2ccccc2c2c3ccccc3n(-c3ccccc3)c21. The van der Waals surface area contributed by atoms with E-state index in [0.717, 1.165) is 50.2 Å². The normalized spacial score (nSPS) is 11.7. The molecule has 0 saturated heterocycles. The number of hydrogen-bond acceptors (Lipinski definition) is 1. The van der Waals surface area contributed by atoms with Gasteiger partial charge in [-0.2, -0.15) is 5.26 Å². The summed E-state index contributed by atoms with van der Waals surface area (Å²) in [6.45, 7) is 0. The maximum atomic E-state index is 10.9. The summed E-state index contributed by atoms with van der Waals surface area (Å²) in [5.41, 5.74) is 8.84. The van der Waals surface area contributed by atoms with Crippen LogP contribution in [0.2, 0.25) is 0 Å². The molecule has 0 N–H and O–H groups in total. The van der Waals surface area contributed by atoms with Crippen LogP contribution in [0.25, 0.3) is 71.7 Å². The van der Waals surface area contributed by atoms with E-state index in [1.165, 1.54) is 21.5 Å². The zero-order valence-corrected chi connectivity index (χ0v) is 23.1. The van der Waals surface area contributed by atoms with E-state index in [1.807, 2.05) is 6.07 Å². The molecular weight excluding hydrogens is 524 g/mol. The van der Waals surface area contributed by atoms with Gasteiger partial charge in [-0.05, 0) is 48.5 Å². The van der Waals surface area contributed by atoms with Crippen LogP contribution >= 0.6 is 0 Å². The van der Waals surface area contributed by atoms with E-state index in [2.05, 4.69) is 159 Å². The standard InChI is InChI=1S/C39H24N4/c40-25-31-36(42-32-19-8-4-15-27(32)28-16-5-9-20-33(28)42)23-12-24-37(31)43-35-22-11-7-18-30(35)38-29-17-6-10-21-34(29)41(39(38)43)26-13-2-1-3-14-26/h1-24H. The maximum absolute atomic E-state index is 10.9. The molecule has 6 aromatic carbocycles. The van der Waals surface area contributed by atoms with Crippen LogP contribution in [-0.2, 0) is 0 Å². The molecule has 0 aliphatic heterocycles. The Morgan fingerprint density at radius 3 is 1.40 bits per heavy atom. The van der Waals surface area contributed by atoms with Gasteiger partial charge in [0.1, 0.15) is 17.3 Å². The van der Waals surface area contributed by atoms with Crippen LogP contribution in [-0.4, -0.2) is 13.7 Å². The molecule has 4 heteroatoms. The highest BCUT2D eigenvalue weighted by atomic mass is 15.1. The smallest absolute Gasteiger partial charge is 0.131 e. The maximum Gasteiger partial charge on any atom is 0.131 e. The summed E-state index contributed by atoms with van der Waals surface area (Å²) < 4.78 is 6.86. The number of fused-ring (bicyclic) bond motifs is 8. The van der Waals surface area contributed by atoms with E-state index in [1.54, 1.807) is 0 Å². The Morgan fingerprint density at radius 2 is 0.837 bits per heavy atom. The summed E-state index contributed by atoms with van der Waals surface area (Å²) in [7, 11) is 0. The van der Waals surface area contributed by atoms with Gasteiger partial charge in [0, 0.05) is 32.6 Å². The second kappa shape index (κ2) is 8.97. The lowest BCUT2D eigenvalue weighted by Crippen LogP contribution is -2.06. The Morgan fingerprint density at radius 1 is 0.395 bits per heavy atom. The first kappa shape index (κ1) is 23.6. The van der Waals surface area contributed by atoms with Crippen molar-refractivity contribution in [1.82, 2.24) is 13.7 Å². The van der Waals surface area contributed by atoms with Crippen LogP contribution in [0.1, 0.15) is 5.56 Å². The average Bonchev–Trinajstić information content (AvgIpc) is 3.70. The molecule has 0 bridgehead atoms. The molecule has 9 rings (SSSR count). The number of hydrogen-bond donors (Lipinski definition) is 0. The Labute approximate surface area is 247 Å². The summed E-state index contributed by atoms with van der Waals surface area (Å²) in [5, 5.41) is 16.8. The molecular formula is C39H24N4. The van der Waals surface area contributed by atoms with Gasteiger partial charge in [-0.25, -0.2) is 0 Å². The topological polar surface area (TPSA) is 38.6 Å². The van der Waals surface area contributed by atoms with Gasteiger partial charge in [0.25, 0.3) is 0 Å². The Balaban J connectivity index is 1.46. The molecule has 0 radical (unpaired) electrons. The summed E-state index contributed by atoms with van der Waals surface area (Å²) in [4.78, 5) is 0. The summed E-state index contributed by atoms with van der Waals surface area (Å²) in [6.07, 6.45) is 0. The summed E-state index contributed by atoms with van der Waals surface area (Å²) in [5.74, 6) is 0. The van der Waals surface area contributed by atoms with E-state index >= 15 is 0 Å². The van der Waals surface area contributed by atoms with Crippen LogP contribution < -0.4 is 0 Å². The van der Waals surface area contributed by atoms with E-state index < -0.39 is 0 Å². The second-order valence-corrected chi connectivity index (χ2v) is 10.9. The number of nitriles is 1. The number of rotatable bonds is 3. The molecule has 0 aliphatic carbocycles. The largest absolute Gasteiger partial charge is 0.308 e. The van der Waals surface area contributed by atoms with Crippen molar-refractivity contribution in [2.45, 2.75) is 0 Å². The van der Waals surface area contributed by atoms with Gasteiger partial charge in [0.15, 0.2) is 0 Å². The van der Waals surface area contributed by atoms with Crippen LogP contribution in [0.3, 0.4) is 0 Å². The lowest BCUT2D eigenvalue weighted by molar-refractivity contribution is 1.05. The van der Waals surface area contributed by atoms with Gasteiger partial charge in [0.05, 0.1) is 33.4 Å². The quantitative estimate of drug-likeness (QED) is 0.217. The van der Waals surface area contributed by atoms with Crippen molar-refractivity contribution in [2.75, 3.05) is 0 Å². The lowest BCUT2D eigenvalue weighted by Gasteiger charge is -2.17. The minimum absolute atomic E-state index is 0.626. The number of nitrogens with zero attached hydrogens (tertiary/aromatic N) is 4. The Kier molecular flexibility index (Phi) is 4.93. The van der Waals surface area contributed by atoms with Gasteiger partial charge in [-0.15, -0.1) is 0 Å². The fourth-order valence-corrected chi connectivity index (χ4v) is 6.98. The van der Waals surface area contributed by atoms with E-state index in [9.17, 15) is 5.26 Å². The second-order valence-electron chi connectivity index (χ2n) is 10.9. The highest BCUT2D eigenvalue weighted by Gasteiger charge is 2.24. The summed E-state index contributed by atoms with van der Waals surface area (Å²) >= 11 is 0. The minimum Gasteiger partial charge on any atom is -0.308 e. The van der Waals surface area contributed by atoms with Crippen LogP contribution in [0.15, 0.2) is 146 Å². The number of benzene rings is 6. The molecule has 0 atom stereocenters. The molecule has 0 aliphatic rings. The third-order valence-electron chi connectivity index (χ3n) is 8.68. The highest BCUT2D eigenvalue weighted by molar-refractivity contribution is 6.22. The van der Waals surface area contributed by atoms with Crippen LogP contribution in [0.4, 0.5) is 0 Å². The number of para-hydroxylation sites is 5. The van der Waals surface area contributed by atoms with Gasteiger partial charge in [0.2, 0.25) is 0 Å². The van der Waals surface area contributed by atoms with Crippen molar-refractivity contribution in [3.8, 4) is 23.1 Å². The molecule has 0 fully saturated rings. The Hall–Kier alpha value is -6.05. The zero-order chi connectivity index (χ0) is 28.5. The number of aromatic nitrogens is 3. The zero-order valence-electron chi connectivity index (χ0n) is 23.1. The molecule has 0 saturated carbocycles. The molecule has 0 spiro atoms. The predicted molar refractivity (Wildman–Crippen MR) is 177 cm³/mol. The highest BCUT2D eigenvalue weighted by Crippen LogP contribution is 2.42. The van der Waals surface area contributed by atoms with Crippen LogP contribution in [0, 0.1) is 11.3 Å². The van der Waals surface area contributed by atoms with Gasteiger partial charge in [-0.3, -0.25) is 9.13 Å². The van der Waals surface area contributed by atoms with Crippen molar-refractivity contribution in [3.63, 3.8) is 0 Å². The molecule has 200 valence electrons. The fraction of sp³-hybridized carbons (Fsp3) is 0. The molecule has 0 unspecified atom stereocenters. The molecule has 0 amide bonds. The summed E-state index contributed by atoms with van der Waals surface area (Å²) in [6, 6.07) is 53.3. The van der Waals surface area contributed by atoms with Crippen molar-refractivity contribution >= 4 is 54.6 Å². The third kappa shape index (κ3) is 3.19. The predicted octanol–water partition coefficient (Wildman–Crippen LogP) is 9.70. The lowest BCUT2D eigenvalue weighted by atomic mass is 10.1. The fourth-order valence-electron chi connectivity index (χ4n) is 6.98. The average molecular weight is 549 g/mol.